The molecule has 0 spiro atoms. The van der Waals surface area contributed by atoms with E-state index in [2.05, 4.69) is 65.5 Å². The number of β-lactam (4-membered cyclic amide) rings is 1. The Labute approximate surface area is 260 Å². The summed E-state index contributed by atoms with van der Waals surface area (Å²) in [6, 6.07) is 33.5. The molecule has 1 aromatic heterocycles. The van der Waals surface area contributed by atoms with Crippen molar-refractivity contribution in [2.45, 2.75) is 55.6 Å². The molecule has 222 valence electrons. The standard InChI is InChI=1S/C35H33FN6OS/c1-23-18-20-24(21-19-23)22-40-32(37-38-39-40)31-35(2,3)44-34-30(33(43)42(31)34)41(26-14-8-5-9-15-26)29(25-12-6-4-7-13-25)27-16-10-11-17-28(27)36/h4-21,29-31,34H,22H2,1-3H3/t29?,30?,31?,34-/m1/s1. The third-order valence-corrected chi connectivity index (χ3v) is 10.2. The number of fused-ring (bicyclic) bond motifs is 1. The first-order valence-electron chi connectivity index (χ1n) is 14.8. The average molecular weight is 605 g/mol. The van der Waals surface area contributed by atoms with Gasteiger partial charge in [0.15, 0.2) is 5.82 Å². The van der Waals surface area contributed by atoms with Crippen LogP contribution in [0.25, 0.3) is 0 Å². The first-order chi connectivity index (χ1) is 21.3. The molecule has 4 atom stereocenters. The number of nitrogens with zero attached hydrogens (tertiary/aromatic N) is 6. The van der Waals surface area contributed by atoms with Crippen molar-refractivity contribution in [2.75, 3.05) is 4.90 Å². The number of anilines is 1. The summed E-state index contributed by atoms with van der Waals surface area (Å²) in [5, 5.41) is 12.6. The number of rotatable bonds is 8. The lowest BCUT2D eigenvalue weighted by atomic mass is 9.90. The molecule has 9 heteroatoms. The molecule has 7 rings (SSSR count). The number of thioether (sulfide) groups is 1. The second-order valence-corrected chi connectivity index (χ2v) is 13.7. The van der Waals surface area contributed by atoms with Gasteiger partial charge in [0.2, 0.25) is 5.91 Å². The fraction of sp³-hybridized carbons (Fsp3) is 0.257. The Balaban J connectivity index is 1.29. The first-order valence-corrected chi connectivity index (χ1v) is 15.7. The van der Waals surface area contributed by atoms with E-state index in [0.29, 0.717) is 17.9 Å². The summed E-state index contributed by atoms with van der Waals surface area (Å²) >= 11 is 1.75. The average Bonchev–Trinajstić information content (AvgIpc) is 3.58. The highest BCUT2D eigenvalue weighted by Crippen LogP contribution is 2.59. The lowest BCUT2D eigenvalue weighted by molar-refractivity contribution is -0.148. The van der Waals surface area contributed by atoms with Crippen LogP contribution in [0.15, 0.2) is 109 Å². The fourth-order valence-electron chi connectivity index (χ4n) is 6.55. The molecular weight excluding hydrogens is 571 g/mol. The van der Waals surface area contributed by atoms with Crippen LogP contribution in [0, 0.1) is 12.7 Å². The number of aryl methyl sites for hydroxylation is 1. The number of hydrogen-bond donors (Lipinski definition) is 0. The summed E-state index contributed by atoms with van der Waals surface area (Å²) in [6.07, 6.45) is 0. The Kier molecular flexibility index (Phi) is 7.20. The highest BCUT2D eigenvalue weighted by Gasteiger charge is 2.65. The van der Waals surface area contributed by atoms with Crippen molar-refractivity contribution in [3.05, 3.63) is 143 Å². The van der Waals surface area contributed by atoms with Crippen molar-refractivity contribution in [2.24, 2.45) is 0 Å². The quantitative estimate of drug-likeness (QED) is 0.187. The van der Waals surface area contributed by atoms with Gasteiger partial charge in [0.25, 0.3) is 0 Å². The lowest BCUT2D eigenvalue weighted by Gasteiger charge is -2.52. The monoisotopic (exact) mass is 604 g/mol. The third kappa shape index (κ3) is 4.85. The molecule has 4 aromatic carbocycles. The van der Waals surface area contributed by atoms with E-state index in [-0.39, 0.29) is 27.9 Å². The summed E-state index contributed by atoms with van der Waals surface area (Å²) in [4.78, 5) is 18.6. The van der Waals surface area contributed by atoms with Crippen LogP contribution >= 0.6 is 11.8 Å². The van der Waals surface area contributed by atoms with E-state index in [1.54, 1.807) is 17.8 Å². The van der Waals surface area contributed by atoms with Crippen molar-refractivity contribution in [3.63, 3.8) is 0 Å². The summed E-state index contributed by atoms with van der Waals surface area (Å²) in [7, 11) is 0. The number of para-hydroxylation sites is 1. The summed E-state index contributed by atoms with van der Waals surface area (Å²) in [5.41, 5.74) is 4.56. The molecule has 0 bridgehead atoms. The summed E-state index contributed by atoms with van der Waals surface area (Å²) in [5.74, 6) is 0.333. The number of benzene rings is 4. The number of amides is 1. The zero-order valence-corrected chi connectivity index (χ0v) is 25.6. The second kappa shape index (κ2) is 11.2. The minimum absolute atomic E-state index is 0.0240. The van der Waals surface area contributed by atoms with Gasteiger partial charge in [-0.15, -0.1) is 16.9 Å². The predicted molar refractivity (Wildman–Crippen MR) is 171 cm³/mol. The minimum Gasteiger partial charge on any atom is -0.346 e. The zero-order chi connectivity index (χ0) is 30.4. The van der Waals surface area contributed by atoms with Crippen molar-refractivity contribution in [1.82, 2.24) is 25.1 Å². The van der Waals surface area contributed by atoms with Gasteiger partial charge in [0.1, 0.15) is 23.3 Å². The Bertz CT molecular complexity index is 1780. The topological polar surface area (TPSA) is 67.2 Å². The van der Waals surface area contributed by atoms with Crippen LogP contribution in [0.5, 0.6) is 0 Å². The van der Waals surface area contributed by atoms with Crippen molar-refractivity contribution < 1.29 is 9.18 Å². The maximum absolute atomic E-state index is 15.6. The summed E-state index contributed by atoms with van der Waals surface area (Å²) in [6.45, 7) is 6.86. The highest BCUT2D eigenvalue weighted by atomic mass is 32.2. The van der Waals surface area contributed by atoms with E-state index in [1.165, 1.54) is 11.6 Å². The van der Waals surface area contributed by atoms with Crippen LogP contribution in [-0.2, 0) is 11.3 Å². The third-order valence-electron chi connectivity index (χ3n) is 8.62. The lowest BCUT2D eigenvalue weighted by Crippen LogP contribution is -2.68. The molecule has 0 N–H and O–H groups in total. The largest absolute Gasteiger partial charge is 0.346 e. The Morgan fingerprint density at radius 3 is 2.27 bits per heavy atom. The SMILES string of the molecule is Cc1ccc(Cn2nnnc2C2N3C(=O)C(N(c4ccccc4)C(c4ccccc4)c4ccccc4F)[C@H]3SC2(C)C)cc1. The Morgan fingerprint density at radius 2 is 1.57 bits per heavy atom. The van der Waals surface area contributed by atoms with Crippen LogP contribution in [0.2, 0.25) is 0 Å². The second-order valence-electron chi connectivity index (χ2n) is 12.0. The number of hydrogen-bond acceptors (Lipinski definition) is 6. The van der Waals surface area contributed by atoms with Crippen LogP contribution < -0.4 is 4.90 Å². The van der Waals surface area contributed by atoms with E-state index in [1.807, 2.05) is 82.4 Å². The van der Waals surface area contributed by atoms with Crippen molar-refractivity contribution in [1.29, 1.82) is 0 Å². The van der Waals surface area contributed by atoms with Crippen LogP contribution in [0.1, 0.15) is 54.0 Å². The molecule has 5 aromatic rings. The zero-order valence-electron chi connectivity index (χ0n) is 24.8. The fourth-order valence-corrected chi connectivity index (χ4v) is 8.23. The van der Waals surface area contributed by atoms with Gasteiger partial charge in [-0.2, -0.15) is 0 Å². The van der Waals surface area contributed by atoms with Gasteiger partial charge in [-0.1, -0.05) is 96.6 Å². The van der Waals surface area contributed by atoms with E-state index >= 15 is 4.39 Å². The van der Waals surface area contributed by atoms with E-state index < -0.39 is 12.1 Å². The Hall–Kier alpha value is -4.50. The minimum atomic E-state index is -0.530. The van der Waals surface area contributed by atoms with Gasteiger partial charge in [0.05, 0.1) is 12.6 Å². The number of tetrazole rings is 1. The van der Waals surface area contributed by atoms with Crippen LogP contribution in [0.4, 0.5) is 10.1 Å². The van der Waals surface area contributed by atoms with E-state index in [0.717, 1.165) is 16.8 Å². The van der Waals surface area contributed by atoms with E-state index in [9.17, 15) is 4.79 Å². The molecular formula is C35H33FN6OS. The predicted octanol–water partition coefficient (Wildman–Crippen LogP) is 6.57. The molecule has 3 unspecified atom stereocenters. The van der Waals surface area contributed by atoms with Gasteiger partial charge >= 0.3 is 0 Å². The number of carbonyl (C=O) groups excluding carboxylic acids is 1. The number of halogens is 1. The maximum atomic E-state index is 15.6. The molecule has 0 saturated carbocycles. The molecule has 0 radical (unpaired) electrons. The molecule has 0 aliphatic carbocycles. The molecule has 2 fully saturated rings. The van der Waals surface area contributed by atoms with Gasteiger partial charge in [-0.05, 0) is 60.5 Å². The van der Waals surface area contributed by atoms with Crippen molar-refractivity contribution >= 4 is 23.4 Å². The molecule has 44 heavy (non-hydrogen) atoms. The maximum Gasteiger partial charge on any atom is 0.250 e. The number of carbonyl (C=O) groups is 1. The van der Waals surface area contributed by atoms with Crippen LogP contribution in [-0.4, -0.2) is 47.2 Å². The molecule has 7 nitrogen and oxygen atoms in total. The summed E-state index contributed by atoms with van der Waals surface area (Å²) < 4.78 is 17.0. The molecule has 2 aliphatic heterocycles. The van der Waals surface area contributed by atoms with Gasteiger partial charge in [-0.3, -0.25) is 4.79 Å². The molecule has 1 amide bonds. The van der Waals surface area contributed by atoms with Gasteiger partial charge in [-0.25, -0.2) is 9.07 Å². The smallest absolute Gasteiger partial charge is 0.250 e. The normalized spacial score (nSPS) is 21.0. The van der Waals surface area contributed by atoms with Crippen LogP contribution in [0.3, 0.4) is 0 Å². The van der Waals surface area contributed by atoms with Gasteiger partial charge < -0.3 is 9.80 Å². The highest BCUT2D eigenvalue weighted by molar-refractivity contribution is 8.01. The van der Waals surface area contributed by atoms with Crippen molar-refractivity contribution in [3.8, 4) is 0 Å². The Morgan fingerprint density at radius 1 is 0.909 bits per heavy atom. The van der Waals surface area contributed by atoms with Gasteiger partial charge in [0, 0.05) is 16.0 Å². The molecule has 2 saturated heterocycles. The first kappa shape index (κ1) is 28.3. The molecule has 3 heterocycles. The van der Waals surface area contributed by atoms with E-state index in [4.69, 9.17) is 0 Å². The molecule has 2 aliphatic rings. The number of aromatic nitrogens is 4.